The smallest absolute Gasteiger partial charge is 0.237 e. The minimum Gasteiger partial charge on any atom is -0.354 e. The van der Waals surface area contributed by atoms with Gasteiger partial charge in [0.2, 0.25) is 5.91 Å². The molecule has 1 aromatic rings. The Morgan fingerprint density at radius 1 is 0.969 bits per heavy atom. The summed E-state index contributed by atoms with van der Waals surface area (Å²) in [5, 5.41) is 7.21. The topological polar surface area (TPSA) is 47.6 Å². The maximum Gasteiger partial charge on any atom is 0.237 e. The Labute approximate surface area is 197 Å². The summed E-state index contributed by atoms with van der Waals surface area (Å²) < 4.78 is 13.1. The number of nitrogens with one attached hydrogen (secondary N) is 2. The number of carbonyl (C=O) groups is 1. The van der Waals surface area contributed by atoms with E-state index < -0.39 is 0 Å². The molecule has 0 spiro atoms. The summed E-state index contributed by atoms with van der Waals surface area (Å²) in [4.78, 5) is 17.9. The summed E-state index contributed by atoms with van der Waals surface area (Å²) >= 11 is 5.59. The standard InChI is InChI=1S/C25H37FN4OS/c26-21-10-12-22(13-11-21)28-25(32)30-16-14-29(15-17-30)23(20-8-4-5-9-20)24(31)27-18-19-6-2-1-3-7-19/h10-13,19-20,23H,1-9,14-18H2,(H,27,31)(H,28,32). The zero-order valence-corrected chi connectivity index (χ0v) is 19.8. The van der Waals surface area contributed by atoms with E-state index in [1.165, 1.54) is 57.1 Å². The lowest BCUT2D eigenvalue weighted by atomic mass is 9.89. The van der Waals surface area contributed by atoms with Crippen molar-refractivity contribution in [1.82, 2.24) is 15.1 Å². The molecule has 32 heavy (non-hydrogen) atoms. The van der Waals surface area contributed by atoms with Crippen molar-refractivity contribution in [2.24, 2.45) is 11.8 Å². The third-order valence-electron chi connectivity index (χ3n) is 7.50. The molecule has 5 nitrogen and oxygen atoms in total. The first-order chi connectivity index (χ1) is 15.6. The van der Waals surface area contributed by atoms with Gasteiger partial charge in [0.15, 0.2) is 5.11 Å². The first-order valence-electron chi connectivity index (χ1n) is 12.4. The van der Waals surface area contributed by atoms with Gasteiger partial charge in [-0.3, -0.25) is 9.69 Å². The zero-order chi connectivity index (χ0) is 22.3. The monoisotopic (exact) mass is 460 g/mol. The van der Waals surface area contributed by atoms with Crippen LogP contribution in [-0.4, -0.2) is 59.6 Å². The number of thiocarbonyl (C=S) groups is 1. The summed E-state index contributed by atoms with van der Waals surface area (Å²) in [7, 11) is 0. The Balaban J connectivity index is 1.31. The van der Waals surface area contributed by atoms with Gasteiger partial charge in [0, 0.05) is 38.4 Å². The molecule has 4 rings (SSSR count). The fraction of sp³-hybridized carbons (Fsp3) is 0.680. The van der Waals surface area contributed by atoms with Gasteiger partial charge in [0.05, 0.1) is 6.04 Å². The minimum atomic E-state index is -0.255. The molecule has 7 heteroatoms. The number of amides is 1. The van der Waals surface area contributed by atoms with Gasteiger partial charge in [0.1, 0.15) is 5.82 Å². The van der Waals surface area contributed by atoms with Crippen molar-refractivity contribution in [1.29, 1.82) is 0 Å². The highest BCUT2D eigenvalue weighted by atomic mass is 32.1. The van der Waals surface area contributed by atoms with Crippen molar-refractivity contribution in [3.63, 3.8) is 0 Å². The normalized spacial score (nSPS) is 22.0. The van der Waals surface area contributed by atoms with Crippen molar-refractivity contribution >= 4 is 28.9 Å². The Kier molecular flexibility index (Phi) is 8.36. The van der Waals surface area contributed by atoms with Gasteiger partial charge in [-0.05, 0) is 74.0 Å². The van der Waals surface area contributed by atoms with Crippen LogP contribution in [0.2, 0.25) is 0 Å². The third kappa shape index (κ3) is 6.19. The lowest BCUT2D eigenvalue weighted by Crippen LogP contribution is -2.58. The molecular weight excluding hydrogens is 423 g/mol. The van der Waals surface area contributed by atoms with E-state index in [0.29, 0.717) is 16.9 Å². The van der Waals surface area contributed by atoms with Crippen molar-refractivity contribution in [2.75, 3.05) is 38.0 Å². The molecule has 0 aromatic heterocycles. The number of hydrogen-bond donors (Lipinski definition) is 2. The second-order valence-electron chi connectivity index (χ2n) is 9.70. The molecule has 1 atom stereocenters. The molecule has 2 saturated carbocycles. The number of rotatable bonds is 6. The molecule has 2 aliphatic carbocycles. The van der Waals surface area contributed by atoms with Crippen molar-refractivity contribution in [3.8, 4) is 0 Å². The third-order valence-corrected chi connectivity index (χ3v) is 7.86. The van der Waals surface area contributed by atoms with E-state index in [1.54, 1.807) is 12.1 Å². The Bertz CT molecular complexity index is 754. The molecule has 1 aliphatic heterocycles. The van der Waals surface area contributed by atoms with Crippen LogP contribution < -0.4 is 10.6 Å². The summed E-state index contributed by atoms with van der Waals surface area (Å²) in [6.07, 6.45) is 11.3. The van der Waals surface area contributed by atoms with Gasteiger partial charge in [-0.1, -0.05) is 32.1 Å². The summed E-state index contributed by atoms with van der Waals surface area (Å²) in [6.45, 7) is 4.11. The second-order valence-corrected chi connectivity index (χ2v) is 10.1. The van der Waals surface area contributed by atoms with E-state index >= 15 is 0 Å². The van der Waals surface area contributed by atoms with Crippen LogP contribution in [0, 0.1) is 17.7 Å². The van der Waals surface area contributed by atoms with Gasteiger partial charge in [-0.15, -0.1) is 0 Å². The number of carbonyl (C=O) groups excluding carboxylic acids is 1. The van der Waals surface area contributed by atoms with Gasteiger partial charge in [-0.25, -0.2) is 4.39 Å². The van der Waals surface area contributed by atoms with E-state index in [4.69, 9.17) is 12.2 Å². The molecule has 3 fully saturated rings. The van der Waals surface area contributed by atoms with Crippen LogP contribution in [0.25, 0.3) is 0 Å². The van der Waals surface area contributed by atoms with E-state index in [2.05, 4.69) is 20.4 Å². The molecule has 176 valence electrons. The second kappa shape index (κ2) is 11.4. The summed E-state index contributed by atoms with van der Waals surface area (Å²) in [5.74, 6) is 1.11. The summed E-state index contributed by atoms with van der Waals surface area (Å²) in [5.41, 5.74) is 0.796. The van der Waals surface area contributed by atoms with Crippen LogP contribution in [-0.2, 0) is 4.79 Å². The van der Waals surface area contributed by atoms with E-state index in [-0.39, 0.29) is 17.8 Å². The van der Waals surface area contributed by atoms with Crippen LogP contribution in [0.1, 0.15) is 57.8 Å². The minimum absolute atomic E-state index is 0.0122. The fourth-order valence-corrected chi connectivity index (χ4v) is 5.93. The average molecular weight is 461 g/mol. The molecule has 0 radical (unpaired) electrons. The van der Waals surface area contributed by atoms with E-state index in [9.17, 15) is 9.18 Å². The van der Waals surface area contributed by atoms with Crippen LogP contribution >= 0.6 is 12.2 Å². The lowest BCUT2D eigenvalue weighted by Gasteiger charge is -2.41. The Hall–Kier alpha value is -1.73. The number of nitrogens with zero attached hydrogens (tertiary/aromatic N) is 2. The predicted molar refractivity (Wildman–Crippen MR) is 131 cm³/mol. The molecular formula is C25H37FN4OS. The van der Waals surface area contributed by atoms with Crippen LogP contribution in [0.5, 0.6) is 0 Å². The quantitative estimate of drug-likeness (QED) is 0.617. The highest BCUT2D eigenvalue weighted by Crippen LogP contribution is 2.31. The molecule has 1 saturated heterocycles. The molecule has 1 unspecified atom stereocenters. The van der Waals surface area contributed by atoms with Gasteiger partial charge < -0.3 is 15.5 Å². The van der Waals surface area contributed by atoms with Gasteiger partial charge in [-0.2, -0.15) is 0 Å². The van der Waals surface area contributed by atoms with E-state index in [1.807, 2.05) is 0 Å². The lowest BCUT2D eigenvalue weighted by molar-refractivity contribution is -0.129. The fourth-order valence-electron chi connectivity index (χ4n) is 5.63. The van der Waals surface area contributed by atoms with Crippen LogP contribution in [0.3, 0.4) is 0 Å². The average Bonchev–Trinajstić information content (AvgIpc) is 3.35. The predicted octanol–water partition coefficient (Wildman–Crippen LogP) is 4.40. The molecule has 1 amide bonds. The molecule has 2 N–H and O–H groups in total. The van der Waals surface area contributed by atoms with Crippen molar-refractivity contribution < 1.29 is 9.18 Å². The van der Waals surface area contributed by atoms with Crippen molar-refractivity contribution in [2.45, 2.75) is 63.8 Å². The molecule has 1 aromatic carbocycles. The largest absolute Gasteiger partial charge is 0.354 e. The molecule has 1 heterocycles. The van der Waals surface area contributed by atoms with Crippen LogP contribution in [0.15, 0.2) is 24.3 Å². The van der Waals surface area contributed by atoms with Gasteiger partial charge in [0.25, 0.3) is 0 Å². The number of halogens is 1. The Morgan fingerprint density at radius 2 is 1.59 bits per heavy atom. The highest BCUT2D eigenvalue weighted by Gasteiger charge is 2.37. The number of benzene rings is 1. The number of hydrogen-bond acceptors (Lipinski definition) is 3. The number of piperazine rings is 1. The maximum absolute atomic E-state index is 13.3. The SMILES string of the molecule is O=C(NCC1CCCCC1)C(C1CCCC1)N1CCN(C(=S)Nc2ccc(F)cc2)CC1. The first kappa shape index (κ1) is 23.4. The Morgan fingerprint density at radius 3 is 2.25 bits per heavy atom. The molecule has 3 aliphatic rings. The van der Waals surface area contributed by atoms with Crippen LogP contribution in [0.4, 0.5) is 10.1 Å². The number of anilines is 1. The summed E-state index contributed by atoms with van der Waals surface area (Å²) in [6, 6.07) is 6.25. The van der Waals surface area contributed by atoms with E-state index in [0.717, 1.165) is 51.3 Å². The zero-order valence-electron chi connectivity index (χ0n) is 19.0. The van der Waals surface area contributed by atoms with Crippen molar-refractivity contribution in [3.05, 3.63) is 30.1 Å². The maximum atomic E-state index is 13.3. The highest BCUT2D eigenvalue weighted by molar-refractivity contribution is 7.80. The molecule has 0 bridgehead atoms. The van der Waals surface area contributed by atoms with Gasteiger partial charge >= 0.3 is 0 Å². The first-order valence-corrected chi connectivity index (χ1v) is 12.8.